The maximum Gasteiger partial charge on any atom is 0.0652 e. The summed E-state index contributed by atoms with van der Waals surface area (Å²) in [5, 5.41) is 6.85. The lowest BCUT2D eigenvalue weighted by atomic mass is 10.1. The Labute approximate surface area is 207 Å². The zero-order chi connectivity index (χ0) is 23.9. The van der Waals surface area contributed by atoms with Crippen molar-refractivity contribution >= 4 is 34.7 Å². The number of hydrogen-bond donors (Lipinski definition) is 0. The van der Waals surface area contributed by atoms with Gasteiger partial charge in [0.2, 0.25) is 0 Å². The van der Waals surface area contributed by atoms with E-state index in [1.807, 2.05) is 59.8 Å². The van der Waals surface area contributed by atoms with E-state index in [0.29, 0.717) is 0 Å². The Morgan fingerprint density at radius 3 is 1.34 bits per heavy atom. The van der Waals surface area contributed by atoms with Crippen molar-refractivity contribution in [1.82, 2.24) is 0 Å². The molecule has 170 valence electrons. The molecular formula is C32H27N3. The van der Waals surface area contributed by atoms with Gasteiger partial charge in [-0.1, -0.05) is 78.9 Å². The van der Waals surface area contributed by atoms with Gasteiger partial charge in [-0.2, -0.15) is 5.10 Å². The quantitative estimate of drug-likeness (QED) is 0.181. The molecule has 0 aliphatic carbocycles. The number of aryl methyl sites for hydroxylation is 1. The third-order valence-electron chi connectivity index (χ3n) is 5.85. The fourth-order valence-corrected chi connectivity index (χ4v) is 4.09. The molecule has 0 amide bonds. The number of rotatable bonds is 7. The summed E-state index contributed by atoms with van der Waals surface area (Å²) in [5.41, 5.74) is 7.63. The molecule has 5 aromatic carbocycles. The smallest absolute Gasteiger partial charge is 0.0652 e. The highest BCUT2D eigenvalue weighted by Crippen LogP contribution is 2.35. The topological polar surface area (TPSA) is 18.8 Å². The van der Waals surface area contributed by atoms with Crippen molar-refractivity contribution in [1.29, 1.82) is 0 Å². The van der Waals surface area contributed by atoms with Crippen LogP contribution in [0.25, 0.3) is 0 Å². The van der Waals surface area contributed by atoms with Crippen LogP contribution in [-0.4, -0.2) is 6.21 Å². The molecule has 0 N–H and O–H groups in total. The first-order chi connectivity index (χ1) is 17.3. The molecule has 0 saturated heterocycles. The zero-order valence-corrected chi connectivity index (χ0v) is 19.7. The number of para-hydroxylation sites is 4. The molecule has 3 heteroatoms. The Bertz CT molecular complexity index is 1300. The van der Waals surface area contributed by atoms with Crippen LogP contribution in [0.4, 0.5) is 28.4 Å². The fourth-order valence-electron chi connectivity index (χ4n) is 4.09. The summed E-state index contributed by atoms with van der Waals surface area (Å²) in [6.45, 7) is 2.13. The average Bonchev–Trinajstić information content (AvgIpc) is 2.92. The Balaban J connectivity index is 1.49. The lowest BCUT2D eigenvalue weighted by Crippen LogP contribution is -2.11. The lowest BCUT2D eigenvalue weighted by molar-refractivity contribution is 1.09. The summed E-state index contributed by atoms with van der Waals surface area (Å²) >= 11 is 0. The summed E-state index contributed by atoms with van der Waals surface area (Å²) in [4.78, 5) is 2.27. The summed E-state index contributed by atoms with van der Waals surface area (Å²) < 4.78 is 0. The third-order valence-corrected chi connectivity index (χ3v) is 5.85. The van der Waals surface area contributed by atoms with E-state index >= 15 is 0 Å². The van der Waals surface area contributed by atoms with E-state index in [0.717, 1.165) is 39.6 Å². The van der Waals surface area contributed by atoms with Crippen molar-refractivity contribution in [3.63, 3.8) is 0 Å². The average molecular weight is 454 g/mol. The van der Waals surface area contributed by atoms with Crippen LogP contribution in [0.1, 0.15) is 11.1 Å². The molecule has 0 saturated carbocycles. The number of nitrogens with zero attached hydrogens (tertiary/aromatic N) is 3. The van der Waals surface area contributed by atoms with Gasteiger partial charge in [0.1, 0.15) is 0 Å². The van der Waals surface area contributed by atoms with Gasteiger partial charge in [0.25, 0.3) is 0 Å². The highest BCUT2D eigenvalue weighted by Gasteiger charge is 2.13. The Morgan fingerprint density at radius 1 is 0.486 bits per heavy atom. The van der Waals surface area contributed by atoms with Crippen LogP contribution < -0.4 is 9.91 Å². The van der Waals surface area contributed by atoms with Crippen LogP contribution >= 0.6 is 0 Å². The van der Waals surface area contributed by atoms with Gasteiger partial charge in [-0.05, 0) is 78.7 Å². The van der Waals surface area contributed by atoms with E-state index in [-0.39, 0.29) is 0 Å². The Kier molecular flexibility index (Phi) is 6.67. The number of anilines is 5. The van der Waals surface area contributed by atoms with Crippen LogP contribution in [-0.2, 0) is 0 Å². The van der Waals surface area contributed by atoms with Crippen molar-refractivity contribution in [2.45, 2.75) is 6.92 Å². The summed E-state index contributed by atoms with van der Waals surface area (Å²) in [7, 11) is 0. The molecular weight excluding hydrogens is 426 g/mol. The van der Waals surface area contributed by atoms with Gasteiger partial charge in [-0.3, -0.25) is 0 Å². The highest BCUT2D eigenvalue weighted by atomic mass is 15.5. The SMILES string of the molecule is Cc1cc(N(c2ccccc2)c2ccccc2)ccc1C=NN(c1ccccc1)c1ccccc1. The lowest BCUT2D eigenvalue weighted by Gasteiger charge is -2.26. The molecule has 0 unspecified atom stereocenters. The molecule has 5 rings (SSSR count). The Hall–Kier alpha value is -4.63. The van der Waals surface area contributed by atoms with Gasteiger partial charge < -0.3 is 4.90 Å². The molecule has 35 heavy (non-hydrogen) atoms. The van der Waals surface area contributed by atoms with Crippen molar-refractivity contribution in [3.8, 4) is 0 Å². The van der Waals surface area contributed by atoms with Crippen molar-refractivity contribution in [2.75, 3.05) is 9.91 Å². The van der Waals surface area contributed by atoms with Gasteiger partial charge in [-0.25, -0.2) is 5.01 Å². The van der Waals surface area contributed by atoms with Gasteiger partial charge in [0.05, 0.1) is 17.6 Å². The predicted octanol–water partition coefficient (Wildman–Crippen LogP) is 8.64. The normalized spacial score (nSPS) is 10.9. The first kappa shape index (κ1) is 22.2. The van der Waals surface area contributed by atoms with Crippen LogP contribution in [0.15, 0.2) is 145 Å². The van der Waals surface area contributed by atoms with Gasteiger partial charge in [0.15, 0.2) is 0 Å². The molecule has 0 aromatic heterocycles. The zero-order valence-electron chi connectivity index (χ0n) is 19.7. The first-order valence-corrected chi connectivity index (χ1v) is 11.7. The minimum Gasteiger partial charge on any atom is -0.310 e. The molecule has 0 aliphatic heterocycles. The third kappa shape index (κ3) is 5.15. The van der Waals surface area contributed by atoms with Crippen LogP contribution in [0.3, 0.4) is 0 Å². The second kappa shape index (κ2) is 10.5. The largest absolute Gasteiger partial charge is 0.310 e. The van der Waals surface area contributed by atoms with Crippen LogP contribution in [0, 0.1) is 6.92 Å². The van der Waals surface area contributed by atoms with Crippen molar-refractivity contribution in [3.05, 3.63) is 151 Å². The molecule has 0 bridgehead atoms. The van der Waals surface area contributed by atoms with Gasteiger partial charge in [0, 0.05) is 17.1 Å². The van der Waals surface area contributed by atoms with Gasteiger partial charge >= 0.3 is 0 Å². The molecule has 0 radical (unpaired) electrons. The van der Waals surface area contributed by atoms with E-state index < -0.39 is 0 Å². The monoisotopic (exact) mass is 453 g/mol. The molecule has 5 aromatic rings. The molecule has 3 nitrogen and oxygen atoms in total. The van der Waals surface area contributed by atoms with E-state index in [2.05, 4.69) is 103 Å². The van der Waals surface area contributed by atoms with Gasteiger partial charge in [-0.15, -0.1) is 0 Å². The molecule has 0 atom stereocenters. The second-order valence-electron chi connectivity index (χ2n) is 8.27. The van der Waals surface area contributed by atoms with E-state index in [9.17, 15) is 0 Å². The summed E-state index contributed by atoms with van der Waals surface area (Å²) in [5.74, 6) is 0. The highest BCUT2D eigenvalue weighted by molar-refractivity contribution is 5.86. The summed E-state index contributed by atoms with van der Waals surface area (Å²) in [6.07, 6.45) is 1.94. The van der Waals surface area contributed by atoms with Crippen molar-refractivity contribution < 1.29 is 0 Å². The van der Waals surface area contributed by atoms with Crippen LogP contribution in [0.2, 0.25) is 0 Å². The Morgan fingerprint density at radius 2 is 0.914 bits per heavy atom. The van der Waals surface area contributed by atoms with Crippen LogP contribution in [0.5, 0.6) is 0 Å². The fraction of sp³-hybridized carbons (Fsp3) is 0.0312. The van der Waals surface area contributed by atoms with Crippen molar-refractivity contribution in [2.24, 2.45) is 5.10 Å². The maximum absolute atomic E-state index is 4.88. The maximum atomic E-state index is 4.88. The summed E-state index contributed by atoms with van der Waals surface area (Å²) in [6, 6.07) is 47.9. The second-order valence-corrected chi connectivity index (χ2v) is 8.27. The number of hydrogen-bond acceptors (Lipinski definition) is 3. The number of benzene rings is 5. The van der Waals surface area contributed by atoms with E-state index in [4.69, 9.17) is 5.10 Å². The first-order valence-electron chi connectivity index (χ1n) is 11.7. The number of hydrazone groups is 1. The molecule has 0 fully saturated rings. The van der Waals surface area contributed by atoms with E-state index in [1.54, 1.807) is 0 Å². The molecule has 0 heterocycles. The predicted molar refractivity (Wildman–Crippen MR) is 148 cm³/mol. The minimum atomic E-state index is 1.02. The standard InChI is InChI=1S/C32H27N3/c1-26-24-32(34(28-14-6-2-7-15-28)29-16-8-3-9-17-29)23-22-27(26)25-33-35(30-18-10-4-11-19-30)31-20-12-5-13-21-31/h2-25H,1H3. The molecule has 0 spiro atoms. The minimum absolute atomic E-state index is 1.02. The molecule has 0 aliphatic rings. The van der Waals surface area contributed by atoms with E-state index in [1.165, 1.54) is 0 Å².